The lowest BCUT2D eigenvalue weighted by molar-refractivity contribution is 0.176. The predicted molar refractivity (Wildman–Crippen MR) is 70.6 cm³/mol. The van der Waals surface area contributed by atoms with E-state index in [0.717, 1.165) is 32.5 Å². The van der Waals surface area contributed by atoms with Crippen LogP contribution >= 0.6 is 0 Å². The van der Waals surface area contributed by atoms with Crippen LogP contribution in [0, 0.1) is 0 Å². The number of sulfonamides is 1. The first-order chi connectivity index (χ1) is 8.01. The number of nitrogens with one attached hydrogen (secondary N) is 1. The van der Waals surface area contributed by atoms with Crippen LogP contribution in [0.1, 0.15) is 19.8 Å². The molecule has 0 unspecified atom stereocenters. The quantitative estimate of drug-likeness (QED) is 0.730. The Balaban J connectivity index is 2.50. The summed E-state index contributed by atoms with van der Waals surface area (Å²) in [7, 11) is 0.399. The van der Waals surface area contributed by atoms with Crippen LogP contribution in [0.4, 0.5) is 0 Å². The zero-order chi connectivity index (χ0) is 12.9. The van der Waals surface area contributed by atoms with Gasteiger partial charge in [-0.3, -0.25) is 0 Å². The number of rotatable bonds is 6. The fourth-order valence-electron chi connectivity index (χ4n) is 2.20. The molecule has 6 heteroatoms. The van der Waals surface area contributed by atoms with E-state index in [0.29, 0.717) is 6.54 Å². The van der Waals surface area contributed by atoms with Gasteiger partial charge in [0, 0.05) is 19.6 Å². The maximum Gasteiger partial charge on any atom is 0.215 e. The second-order valence-corrected chi connectivity index (χ2v) is 6.75. The number of likely N-dealkylation sites (tertiary alicyclic amines) is 1. The van der Waals surface area contributed by atoms with E-state index in [4.69, 9.17) is 0 Å². The van der Waals surface area contributed by atoms with E-state index >= 15 is 0 Å². The first kappa shape index (κ1) is 14.9. The third-order valence-corrected chi connectivity index (χ3v) is 5.46. The van der Waals surface area contributed by atoms with Gasteiger partial charge in [-0.05, 0) is 39.5 Å². The number of piperidine rings is 1. The average molecular weight is 263 g/mol. The van der Waals surface area contributed by atoms with E-state index in [-0.39, 0.29) is 11.8 Å². The molecule has 0 spiro atoms. The molecule has 1 fully saturated rings. The molecule has 0 radical (unpaired) electrons. The summed E-state index contributed by atoms with van der Waals surface area (Å²) in [6, 6.07) is 0.180. The lowest BCUT2D eigenvalue weighted by Crippen LogP contribution is -2.46. The van der Waals surface area contributed by atoms with E-state index < -0.39 is 10.0 Å². The number of nitrogens with zero attached hydrogens (tertiary/aromatic N) is 2. The fraction of sp³-hybridized carbons (Fsp3) is 1.00. The summed E-state index contributed by atoms with van der Waals surface area (Å²) in [6.45, 7) is 5.73. The normalized spacial score (nSPS) is 20.0. The second-order valence-electron chi connectivity index (χ2n) is 4.60. The molecular weight excluding hydrogens is 238 g/mol. The molecule has 0 aromatic rings. The van der Waals surface area contributed by atoms with Gasteiger partial charge < -0.3 is 10.2 Å². The van der Waals surface area contributed by atoms with Crippen molar-refractivity contribution in [3.8, 4) is 0 Å². The molecule has 0 atom stereocenters. The molecule has 1 N–H and O–H groups in total. The van der Waals surface area contributed by atoms with Crippen LogP contribution in [0.2, 0.25) is 0 Å². The Hall–Kier alpha value is -0.170. The van der Waals surface area contributed by atoms with Crippen molar-refractivity contribution in [1.29, 1.82) is 0 Å². The smallest absolute Gasteiger partial charge is 0.215 e. The van der Waals surface area contributed by atoms with Crippen LogP contribution < -0.4 is 5.32 Å². The first-order valence-electron chi connectivity index (χ1n) is 6.34. The number of hydrogen-bond acceptors (Lipinski definition) is 4. The summed E-state index contributed by atoms with van der Waals surface area (Å²) in [5.74, 6) is 0.188. The van der Waals surface area contributed by atoms with E-state index in [9.17, 15) is 8.42 Å². The Morgan fingerprint density at radius 1 is 1.35 bits per heavy atom. The van der Waals surface area contributed by atoms with Gasteiger partial charge >= 0.3 is 0 Å². The molecular formula is C11H25N3O2S. The second kappa shape index (κ2) is 6.68. The molecule has 102 valence electrons. The van der Waals surface area contributed by atoms with Crippen molar-refractivity contribution >= 4 is 10.0 Å². The zero-order valence-corrected chi connectivity index (χ0v) is 12.0. The number of hydrogen-bond donors (Lipinski definition) is 1. The largest absolute Gasteiger partial charge is 0.319 e. The van der Waals surface area contributed by atoms with Gasteiger partial charge in [0.15, 0.2) is 0 Å². The molecule has 1 aliphatic rings. The summed E-state index contributed by atoms with van der Waals surface area (Å²) >= 11 is 0. The van der Waals surface area contributed by atoms with Crippen molar-refractivity contribution < 1.29 is 8.42 Å². The summed E-state index contributed by atoms with van der Waals surface area (Å²) in [4.78, 5) is 2.37. The molecule has 1 aliphatic heterocycles. The minimum Gasteiger partial charge on any atom is -0.319 e. The Morgan fingerprint density at radius 2 is 1.94 bits per heavy atom. The molecule has 0 saturated carbocycles. The standard InChI is InChI=1S/C11H25N3O2S/c1-4-14-8-5-11(6-9-14)13(3)17(15,16)10-7-12-2/h11-12H,4-10H2,1-3H3. The van der Waals surface area contributed by atoms with Gasteiger partial charge in [-0.2, -0.15) is 0 Å². The maximum atomic E-state index is 12.0. The third kappa shape index (κ3) is 4.21. The first-order valence-corrected chi connectivity index (χ1v) is 7.95. The molecule has 1 heterocycles. The topological polar surface area (TPSA) is 52.7 Å². The van der Waals surface area contributed by atoms with E-state index in [2.05, 4.69) is 17.1 Å². The Bertz CT molecular complexity index is 311. The summed E-state index contributed by atoms with van der Waals surface area (Å²) in [5.41, 5.74) is 0. The van der Waals surface area contributed by atoms with Gasteiger partial charge in [0.25, 0.3) is 0 Å². The van der Waals surface area contributed by atoms with Gasteiger partial charge in [-0.1, -0.05) is 6.92 Å². The van der Waals surface area contributed by atoms with Crippen LogP contribution in [-0.2, 0) is 10.0 Å². The van der Waals surface area contributed by atoms with Gasteiger partial charge in [0.2, 0.25) is 10.0 Å². The van der Waals surface area contributed by atoms with Crippen LogP contribution in [0.3, 0.4) is 0 Å². The van der Waals surface area contributed by atoms with Crippen LogP contribution in [-0.4, -0.2) is 69.7 Å². The van der Waals surface area contributed by atoms with Gasteiger partial charge in [0.1, 0.15) is 0 Å². The van der Waals surface area contributed by atoms with Crippen LogP contribution in [0.15, 0.2) is 0 Å². The molecule has 17 heavy (non-hydrogen) atoms. The van der Waals surface area contributed by atoms with Crippen LogP contribution in [0.25, 0.3) is 0 Å². The highest BCUT2D eigenvalue weighted by Crippen LogP contribution is 2.17. The monoisotopic (exact) mass is 263 g/mol. The predicted octanol–water partition coefficient (Wildman–Crippen LogP) is -0.0483. The van der Waals surface area contributed by atoms with Crippen molar-refractivity contribution in [2.45, 2.75) is 25.8 Å². The van der Waals surface area contributed by atoms with Gasteiger partial charge in [0.05, 0.1) is 5.75 Å². The minimum absolute atomic E-state index is 0.180. The highest BCUT2D eigenvalue weighted by molar-refractivity contribution is 7.89. The van der Waals surface area contributed by atoms with Gasteiger partial charge in [-0.15, -0.1) is 0 Å². The molecule has 0 aromatic carbocycles. The Kier molecular flexibility index (Phi) is 5.85. The fourth-order valence-corrected chi connectivity index (χ4v) is 3.62. The molecule has 0 bridgehead atoms. The molecule has 0 amide bonds. The SMILES string of the molecule is CCN1CCC(N(C)S(=O)(=O)CCNC)CC1. The maximum absolute atomic E-state index is 12.0. The molecule has 1 rings (SSSR count). The molecule has 0 aliphatic carbocycles. The third-order valence-electron chi connectivity index (χ3n) is 3.57. The molecule has 1 saturated heterocycles. The summed E-state index contributed by atoms with van der Waals surface area (Å²) < 4.78 is 25.6. The Morgan fingerprint density at radius 3 is 2.41 bits per heavy atom. The van der Waals surface area contributed by atoms with E-state index in [1.807, 2.05) is 0 Å². The van der Waals surface area contributed by atoms with Crippen molar-refractivity contribution in [2.75, 3.05) is 46.0 Å². The minimum atomic E-state index is -3.09. The lowest BCUT2D eigenvalue weighted by atomic mass is 10.1. The van der Waals surface area contributed by atoms with Crippen molar-refractivity contribution in [3.63, 3.8) is 0 Å². The summed E-state index contributed by atoms with van der Waals surface area (Å²) in [6.07, 6.45) is 1.90. The van der Waals surface area contributed by atoms with E-state index in [1.165, 1.54) is 0 Å². The highest BCUT2D eigenvalue weighted by Gasteiger charge is 2.28. The average Bonchev–Trinajstić information content (AvgIpc) is 2.35. The van der Waals surface area contributed by atoms with Gasteiger partial charge in [-0.25, -0.2) is 12.7 Å². The zero-order valence-electron chi connectivity index (χ0n) is 11.1. The summed E-state index contributed by atoms with van der Waals surface area (Å²) in [5, 5.41) is 2.88. The lowest BCUT2D eigenvalue weighted by Gasteiger charge is -2.35. The van der Waals surface area contributed by atoms with Crippen molar-refractivity contribution in [2.24, 2.45) is 0 Å². The van der Waals surface area contributed by atoms with Crippen LogP contribution in [0.5, 0.6) is 0 Å². The van der Waals surface area contributed by atoms with E-state index in [1.54, 1.807) is 18.4 Å². The Labute approximate surface area is 105 Å². The van der Waals surface area contributed by atoms with Crippen molar-refractivity contribution in [1.82, 2.24) is 14.5 Å². The molecule has 0 aromatic heterocycles. The van der Waals surface area contributed by atoms with Crippen molar-refractivity contribution in [3.05, 3.63) is 0 Å². The molecule has 5 nitrogen and oxygen atoms in total. The highest BCUT2D eigenvalue weighted by atomic mass is 32.2.